The van der Waals surface area contributed by atoms with Gasteiger partial charge in [0.2, 0.25) is 0 Å². The summed E-state index contributed by atoms with van der Waals surface area (Å²) in [5, 5.41) is 3.35. The molecule has 20 heavy (non-hydrogen) atoms. The summed E-state index contributed by atoms with van der Waals surface area (Å²) < 4.78 is 10.2. The minimum atomic E-state index is -0.138. The Labute approximate surface area is 120 Å². The fourth-order valence-corrected chi connectivity index (χ4v) is 2.75. The first kappa shape index (κ1) is 14.9. The number of rotatable bonds is 7. The van der Waals surface area contributed by atoms with Crippen molar-refractivity contribution in [2.24, 2.45) is 0 Å². The second-order valence-corrected chi connectivity index (χ2v) is 5.49. The Morgan fingerprint density at radius 3 is 2.95 bits per heavy atom. The van der Waals surface area contributed by atoms with E-state index in [1.54, 1.807) is 7.11 Å². The average Bonchev–Trinajstić information content (AvgIpc) is 2.43. The summed E-state index contributed by atoms with van der Waals surface area (Å²) in [6.07, 6.45) is 1.49. The molecule has 0 amide bonds. The van der Waals surface area contributed by atoms with Crippen molar-refractivity contribution >= 4 is 5.97 Å². The van der Waals surface area contributed by atoms with E-state index in [0.29, 0.717) is 19.6 Å². The lowest BCUT2D eigenvalue weighted by molar-refractivity contribution is -0.142. The zero-order valence-corrected chi connectivity index (χ0v) is 12.5. The summed E-state index contributed by atoms with van der Waals surface area (Å²) in [5.41, 5.74) is 2.87. The van der Waals surface area contributed by atoms with E-state index >= 15 is 0 Å². The molecule has 0 spiro atoms. The van der Waals surface area contributed by atoms with Crippen LogP contribution in [0.5, 0.6) is 5.75 Å². The van der Waals surface area contributed by atoms with Gasteiger partial charge in [0.1, 0.15) is 5.75 Å². The summed E-state index contributed by atoms with van der Waals surface area (Å²) in [6, 6.07) is 6.26. The molecule has 110 valence electrons. The maximum atomic E-state index is 11.3. The lowest BCUT2D eigenvalue weighted by Crippen LogP contribution is -2.45. The highest BCUT2D eigenvalue weighted by atomic mass is 16.5. The van der Waals surface area contributed by atoms with E-state index in [9.17, 15) is 4.79 Å². The van der Waals surface area contributed by atoms with E-state index in [0.717, 1.165) is 18.7 Å². The Kier molecular flexibility index (Phi) is 4.65. The molecule has 1 unspecified atom stereocenters. The Hall–Kier alpha value is -1.55. The van der Waals surface area contributed by atoms with Crippen LogP contribution in [0.15, 0.2) is 18.2 Å². The van der Waals surface area contributed by atoms with Gasteiger partial charge in [-0.15, -0.1) is 0 Å². The van der Waals surface area contributed by atoms with Crippen LogP contribution in [0.3, 0.4) is 0 Å². The van der Waals surface area contributed by atoms with Crippen molar-refractivity contribution in [2.45, 2.75) is 32.1 Å². The van der Waals surface area contributed by atoms with Crippen molar-refractivity contribution in [3.05, 3.63) is 29.3 Å². The molecule has 1 N–H and O–H groups in total. The van der Waals surface area contributed by atoms with Crippen molar-refractivity contribution in [3.63, 3.8) is 0 Å². The molecule has 0 fully saturated rings. The number of fused-ring (bicyclic) bond motifs is 1. The van der Waals surface area contributed by atoms with Gasteiger partial charge in [-0.05, 0) is 36.6 Å². The molecule has 1 aromatic carbocycles. The minimum Gasteiger partial charge on any atom is -0.497 e. The first-order valence-corrected chi connectivity index (χ1v) is 7.13. The van der Waals surface area contributed by atoms with Crippen LogP contribution in [0, 0.1) is 0 Å². The van der Waals surface area contributed by atoms with Crippen molar-refractivity contribution in [3.8, 4) is 5.75 Å². The van der Waals surface area contributed by atoms with E-state index in [-0.39, 0.29) is 11.4 Å². The van der Waals surface area contributed by atoms with E-state index < -0.39 is 0 Å². The molecule has 0 heterocycles. The van der Waals surface area contributed by atoms with Crippen LogP contribution in [0.25, 0.3) is 0 Å². The third-order valence-electron chi connectivity index (χ3n) is 3.87. The van der Waals surface area contributed by atoms with Crippen LogP contribution in [-0.2, 0) is 21.4 Å². The molecule has 0 saturated carbocycles. The summed E-state index contributed by atoms with van der Waals surface area (Å²) in [6.45, 7) is 6.04. The van der Waals surface area contributed by atoms with Crippen molar-refractivity contribution < 1.29 is 14.3 Å². The standard InChI is InChI=1S/C16H23NO3/c1-4-20-15(18)7-8-17-11-16(2)10-12-5-6-13(19-3)9-14(12)16/h5-6,9,17H,4,7-8,10-11H2,1-3H3. The van der Waals surface area contributed by atoms with Crippen LogP contribution in [0.1, 0.15) is 31.4 Å². The fraction of sp³-hybridized carbons (Fsp3) is 0.562. The van der Waals surface area contributed by atoms with Gasteiger partial charge >= 0.3 is 5.97 Å². The molecule has 0 saturated heterocycles. The van der Waals surface area contributed by atoms with Gasteiger partial charge < -0.3 is 14.8 Å². The third kappa shape index (κ3) is 3.12. The minimum absolute atomic E-state index is 0.137. The van der Waals surface area contributed by atoms with Crippen molar-refractivity contribution in [1.29, 1.82) is 0 Å². The topological polar surface area (TPSA) is 47.6 Å². The Bertz CT molecular complexity index is 487. The lowest BCUT2D eigenvalue weighted by atomic mass is 9.65. The number of nitrogens with one attached hydrogen (secondary N) is 1. The van der Waals surface area contributed by atoms with Crippen LogP contribution >= 0.6 is 0 Å². The van der Waals surface area contributed by atoms with Crippen molar-refractivity contribution in [2.75, 3.05) is 26.8 Å². The second kappa shape index (κ2) is 6.27. The molecule has 1 aliphatic carbocycles. The number of benzene rings is 1. The summed E-state index contributed by atoms with van der Waals surface area (Å²) in [7, 11) is 1.69. The van der Waals surface area contributed by atoms with Crippen molar-refractivity contribution in [1.82, 2.24) is 5.32 Å². The summed E-state index contributed by atoms with van der Waals surface area (Å²) in [4.78, 5) is 11.3. The predicted octanol–water partition coefficient (Wildman–Crippen LogP) is 2.05. The molecule has 0 bridgehead atoms. The largest absolute Gasteiger partial charge is 0.497 e. The van der Waals surface area contributed by atoms with Gasteiger partial charge in [0.25, 0.3) is 0 Å². The number of carbonyl (C=O) groups is 1. The van der Waals surface area contributed by atoms with Gasteiger partial charge in [-0.2, -0.15) is 0 Å². The molecular weight excluding hydrogens is 254 g/mol. The molecule has 0 aromatic heterocycles. The second-order valence-electron chi connectivity index (χ2n) is 5.49. The number of carbonyl (C=O) groups excluding carboxylic acids is 1. The normalized spacial score (nSPS) is 19.9. The van der Waals surface area contributed by atoms with E-state index in [1.165, 1.54) is 11.1 Å². The summed E-state index contributed by atoms with van der Waals surface area (Å²) in [5.74, 6) is 0.766. The Balaban J connectivity index is 1.83. The first-order chi connectivity index (χ1) is 9.59. The van der Waals surface area contributed by atoms with Gasteiger partial charge in [-0.3, -0.25) is 4.79 Å². The molecule has 2 rings (SSSR count). The number of hydrogen-bond acceptors (Lipinski definition) is 4. The van der Waals surface area contributed by atoms with E-state index in [4.69, 9.17) is 9.47 Å². The maximum Gasteiger partial charge on any atom is 0.307 e. The smallest absolute Gasteiger partial charge is 0.307 e. The Morgan fingerprint density at radius 2 is 2.25 bits per heavy atom. The summed E-state index contributed by atoms with van der Waals surface area (Å²) >= 11 is 0. The third-order valence-corrected chi connectivity index (χ3v) is 3.87. The number of esters is 1. The van der Waals surface area contributed by atoms with Gasteiger partial charge in [-0.1, -0.05) is 13.0 Å². The quantitative estimate of drug-likeness (QED) is 0.612. The molecule has 1 atom stereocenters. The molecule has 1 aliphatic rings. The first-order valence-electron chi connectivity index (χ1n) is 7.13. The van der Waals surface area contributed by atoms with Crippen LogP contribution in [-0.4, -0.2) is 32.8 Å². The molecule has 4 nitrogen and oxygen atoms in total. The molecular formula is C16H23NO3. The monoisotopic (exact) mass is 277 g/mol. The lowest BCUT2D eigenvalue weighted by Gasteiger charge is -2.41. The van der Waals surface area contributed by atoms with Gasteiger partial charge in [-0.25, -0.2) is 0 Å². The Morgan fingerprint density at radius 1 is 1.45 bits per heavy atom. The highest BCUT2D eigenvalue weighted by Crippen LogP contribution is 2.42. The van der Waals surface area contributed by atoms with E-state index in [1.807, 2.05) is 13.0 Å². The number of hydrogen-bond donors (Lipinski definition) is 1. The predicted molar refractivity (Wildman–Crippen MR) is 78.2 cm³/mol. The molecule has 0 aliphatic heterocycles. The van der Waals surface area contributed by atoms with Crippen LogP contribution < -0.4 is 10.1 Å². The van der Waals surface area contributed by atoms with E-state index in [2.05, 4.69) is 24.4 Å². The zero-order valence-electron chi connectivity index (χ0n) is 12.5. The SMILES string of the molecule is CCOC(=O)CCNCC1(C)Cc2ccc(OC)cc21. The van der Waals surface area contributed by atoms with Crippen LogP contribution in [0.4, 0.5) is 0 Å². The number of ether oxygens (including phenoxy) is 2. The van der Waals surface area contributed by atoms with Crippen LogP contribution in [0.2, 0.25) is 0 Å². The molecule has 1 aromatic rings. The highest BCUT2D eigenvalue weighted by molar-refractivity contribution is 5.69. The van der Waals surface area contributed by atoms with Gasteiger partial charge in [0.05, 0.1) is 20.1 Å². The number of methoxy groups -OCH3 is 1. The fourth-order valence-electron chi connectivity index (χ4n) is 2.75. The average molecular weight is 277 g/mol. The molecule has 0 radical (unpaired) electrons. The van der Waals surface area contributed by atoms with Gasteiger partial charge in [0.15, 0.2) is 0 Å². The highest BCUT2D eigenvalue weighted by Gasteiger charge is 2.38. The zero-order chi connectivity index (χ0) is 14.6. The van der Waals surface area contributed by atoms with Gasteiger partial charge in [0, 0.05) is 18.5 Å². The maximum absolute atomic E-state index is 11.3. The molecule has 4 heteroatoms.